The first-order chi connectivity index (χ1) is 10.6. The summed E-state index contributed by atoms with van der Waals surface area (Å²) in [5.74, 6) is -0.549. The Bertz CT molecular complexity index is 653. The largest absolute Gasteiger partial charge is 0.374 e. The molecule has 2 N–H and O–H groups in total. The Morgan fingerprint density at radius 1 is 1.09 bits per heavy atom. The number of hydrogen-bond acceptors (Lipinski definition) is 3. The molecular weight excluding hydrogens is 281 g/mol. The van der Waals surface area contributed by atoms with Gasteiger partial charge in [-0.1, -0.05) is 30.3 Å². The monoisotopic (exact) mass is 299 g/mol. The zero-order chi connectivity index (χ0) is 15.9. The number of benzene rings is 2. The van der Waals surface area contributed by atoms with Gasteiger partial charge in [0.25, 0.3) is 5.91 Å². The number of nitrogens with one attached hydrogen (secondary N) is 2. The molecule has 0 spiro atoms. The van der Waals surface area contributed by atoms with Gasteiger partial charge in [0, 0.05) is 5.69 Å². The van der Waals surface area contributed by atoms with E-state index >= 15 is 0 Å². The molecule has 0 heterocycles. The van der Waals surface area contributed by atoms with Gasteiger partial charge in [-0.15, -0.1) is 0 Å². The second-order valence-electron chi connectivity index (χ2n) is 4.91. The van der Waals surface area contributed by atoms with Crippen LogP contribution >= 0.6 is 0 Å². The van der Waals surface area contributed by atoms with Gasteiger partial charge in [-0.05, 0) is 43.7 Å². The van der Waals surface area contributed by atoms with E-state index in [2.05, 4.69) is 15.8 Å². The Morgan fingerprint density at radius 2 is 1.73 bits per heavy atom. The topological polar surface area (TPSA) is 53.5 Å². The van der Waals surface area contributed by atoms with Gasteiger partial charge in [0.15, 0.2) is 0 Å². The number of hydrogen-bond donors (Lipinski definition) is 2. The standard InChI is InChI=1S/C17H18FN3O/c1-12(14-8-10-15(18)11-9-14)20-21-17(22)13(2)19-16-6-4-3-5-7-16/h3-11,13,19H,1-2H3,(H,21,22)/t13-/m1/s1. The van der Waals surface area contributed by atoms with Crippen molar-refractivity contribution in [3.05, 3.63) is 66.0 Å². The van der Waals surface area contributed by atoms with Crippen LogP contribution in [0.5, 0.6) is 0 Å². The predicted molar refractivity (Wildman–Crippen MR) is 86.3 cm³/mol. The molecular formula is C17H18FN3O. The maximum atomic E-state index is 12.9. The molecule has 0 aromatic heterocycles. The minimum Gasteiger partial charge on any atom is -0.374 e. The third kappa shape index (κ3) is 4.41. The molecule has 0 saturated carbocycles. The van der Waals surface area contributed by atoms with E-state index in [9.17, 15) is 9.18 Å². The highest BCUT2D eigenvalue weighted by molar-refractivity contribution is 5.99. The first-order valence-corrected chi connectivity index (χ1v) is 6.98. The number of anilines is 1. The quantitative estimate of drug-likeness (QED) is 0.658. The molecule has 1 amide bonds. The number of rotatable bonds is 5. The number of para-hydroxylation sites is 1. The van der Waals surface area contributed by atoms with E-state index in [0.29, 0.717) is 5.71 Å². The fourth-order valence-corrected chi connectivity index (χ4v) is 1.84. The molecule has 4 nitrogen and oxygen atoms in total. The molecule has 2 aromatic carbocycles. The number of carbonyl (C=O) groups excluding carboxylic acids is 1. The van der Waals surface area contributed by atoms with Crippen molar-refractivity contribution in [3.8, 4) is 0 Å². The van der Waals surface area contributed by atoms with E-state index in [4.69, 9.17) is 0 Å². The van der Waals surface area contributed by atoms with Gasteiger partial charge in [0.2, 0.25) is 0 Å². The van der Waals surface area contributed by atoms with Crippen LogP contribution in [-0.2, 0) is 4.79 Å². The van der Waals surface area contributed by atoms with Crippen LogP contribution in [0, 0.1) is 5.82 Å². The predicted octanol–water partition coefficient (Wildman–Crippen LogP) is 3.17. The van der Waals surface area contributed by atoms with Gasteiger partial charge in [-0.2, -0.15) is 5.10 Å². The third-order valence-corrected chi connectivity index (χ3v) is 3.15. The molecule has 114 valence electrons. The van der Waals surface area contributed by atoms with Crippen LogP contribution in [0.2, 0.25) is 0 Å². The summed E-state index contributed by atoms with van der Waals surface area (Å²) >= 11 is 0. The van der Waals surface area contributed by atoms with Gasteiger partial charge >= 0.3 is 0 Å². The van der Waals surface area contributed by atoms with Gasteiger partial charge in [0.05, 0.1) is 5.71 Å². The van der Waals surface area contributed by atoms with Crippen molar-refractivity contribution in [3.63, 3.8) is 0 Å². The van der Waals surface area contributed by atoms with Crippen molar-refractivity contribution in [1.29, 1.82) is 0 Å². The van der Waals surface area contributed by atoms with Crippen LogP contribution in [0.4, 0.5) is 10.1 Å². The summed E-state index contributed by atoms with van der Waals surface area (Å²) in [5, 5.41) is 7.12. The summed E-state index contributed by atoms with van der Waals surface area (Å²) in [6.07, 6.45) is 0. The SMILES string of the molecule is CC(=NNC(=O)[C@@H](C)Nc1ccccc1)c1ccc(F)cc1. The zero-order valence-corrected chi connectivity index (χ0v) is 12.5. The number of nitrogens with zero attached hydrogens (tertiary/aromatic N) is 1. The van der Waals surface area contributed by atoms with Crippen molar-refractivity contribution in [2.75, 3.05) is 5.32 Å². The van der Waals surface area contributed by atoms with Crippen LogP contribution in [0.15, 0.2) is 59.7 Å². The molecule has 1 atom stereocenters. The highest BCUT2D eigenvalue weighted by Gasteiger charge is 2.11. The van der Waals surface area contributed by atoms with Crippen LogP contribution in [0.3, 0.4) is 0 Å². The fraction of sp³-hybridized carbons (Fsp3) is 0.176. The Hall–Kier alpha value is -2.69. The normalized spacial score (nSPS) is 12.6. The number of halogens is 1. The Labute approximate surface area is 129 Å². The highest BCUT2D eigenvalue weighted by Crippen LogP contribution is 2.07. The van der Waals surface area contributed by atoms with Crippen LogP contribution in [-0.4, -0.2) is 17.7 Å². The molecule has 0 aliphatic rings. The Morgan fingerprint density at radius 3 is 2.36 bits per heavy atom. The second-order valence-corrected chi connectivity index (χ2v) is 4.91. The lowest BCUT2D eigenvalue weighted by molar-refractivity contribution is -0.121. The van der Waals surface area contributed by atoms with E-state index < -0.39 is 6.04 Å². The minimum atomic E-state index is -0.424. The Balaban J connectivity index is 1.93. The molecule has 0 unspecified atom stereocenters. The van der Waals surface area contributed by atoms with Gasteiger partial charge in [0.1, 0.15) is 11.9 Å². The third-order valence-electron chi connectivity index (χ3n) is 3.15. The number of hydrazone groups is 1. The van der Waals surface area contributed by atoms with E-state index in [1.54, 1.807) is 26.0 Å². The van der Waals surface area contributed by atoms with Crippen molar-refractivity contribution in [1.82, 2.24) is 5.43 Å². The van der Waals surface area contributed by atoms with Gasteiger partial charge in [-0.25, -0.2) is 9.82 Å². The van der Waals surface area contributed by atoms with E-state index in [0.717, 1.165) is 11.3 Å². The molecule has 0 bridgehead atoms. The molecule has 0 aliphatic carbocycles. The maximum Gasteiger partial charge on any atom is 0.262 e. The van der Waals surface area contributed by atoms with E-state index in [-0.39, 0.29) is 11.7 Å². The summed E-state index contributed by atoms with van der Waals surface area (Å²) in [6.45, 7) is 3.51. The summed E-state index contributed by atoms with van der Waals surface area (Å²) in [4.78, 5) is 12.0. The van der Waals surface area contributed by atoms with Crippen molar-refractivity contribution >= 4 is 17.3 Å². The van der Waals surface area contributed by atoms with Crippen molar-refractivity contribution in [2.45, 2.75) is 19.9 Å². The van der Waals surface area contributed by atoms with E-state index in [1.807, 2.05) is 30.3 Å². The number of amides is 1. The van der Waals surface area contributed by atoms with Crippen molar-refractivity contribution in [2.24, 2.45) is 5.10 Å². The molecule has 22 heavy (non-hydrogen) atoms. The first kappa shape index (κ1) is 15.7. The average molecular weight is 299 g/mol. The molecule has 2 rings (SSSR count). The zero-order valence-electron chi connectivity index (χ0n) is 12.5. The number of carbonyl (C=O) groups is 1. The lowest BCUT2D eigenvalue weighted by Crippen LogP contribution is -2.35. The molecule has 0 fully saturated rings. The molecule has 0 saturated heterocycles. The summed E-state index contributed by atoms with van der Waals surface area (Å²) < 4.78 is 12.9. The molecule has 5 heteroatoms. The maximum absolute atomic E-state index is 12.9. The molecule has 0 radical (unpaired) electrons. The highest BCUT2D eigenvalue weighted by atomic mass is 19.1. The lowest BCUT2D eigenvalue weighted by Gasteiger charge is -2.13. The van der Waals surface area contributed by atoms with Crippen LogP contribution < -0.4 is 10.7 Å². The van der Waals surface area contributed by atoms with Crippen LogP contribution in [0.1, 0.15) is 19.4 Å². The second kappa shape index (κ2) is 7.36. The minimum absolute atomic E-state index is 0.245. The fourth-order valence-electron chi connectivity index (χ4n) is 1.84. The average Bonchev–Trinajstić information content (AvgIpc) is 2.53. The lowest BCUT2D eigenvalue weighted by atomic mass is 10.1. The summed E-state index contributed by atoms with van der Waals surface area (Å²) in [5.41, 5.74) is 4.74. The first-order valence-electron chi connectivity index (χ1n) is 6.98. The smallest absolute Gasteiger partial charge is 0.262 e. The summed E-state index contributed by atoms with van der Waals surface area (Å²) in [6, 6.07) is 15.0. The van der Waals surface area contributed by atoms with E-state index in [1.165, 1.54) is 12.1 Å². The van der Waals surface area contributed by atoms with Crippen molar-refractivity contribution < 1.29 is 9.18 Å². The van der Waals surface area contributed by atoms with Gasteiger partial charge in [-0.3, -0.25) is 4.79 Å². The van der Waals surface area contributed by atoms with Gasteiger partial charge < -0.3 is 5.32 Å². The summed E-state index contributed by atoms with van der Waals surface area (Å²) in [7, 11) is 0. The molecule has 2 aromatic rings. The Kier molecular flexibility index (Phi) is 5.25. The van der Waals surface area contributed by atoms with Crippen LogP contribution in [0.25, 0.3) is 0 Å². The molecule has 0 aliphatic heterocycles.